The topological polar surface area (TPSA) is 86.6 Å². The molecule has 0 amide bonds. The van der Waals surface area contributed by atoms with Crippen LogP contribution in [0, 0.1) is 5.92 Å². The molecule has 0 spiro atoms. The van der Waals surface area contributed by atoms with E-state index in [1.54, 1.807) is 0 Å². The van der Waals surface area contributed by atoms with Gasteiger partial charge in [-0.1, -0.05) is 24.6 Å². The van der Waals surface area contributed by atoms with Gasteiger partial charge in [-0.05, 0) is 25.0 Å². The van der Waals surface area contributed by atoms with Crippen molar-refractivity contribution in [2.75, 3.05) is 11.9 Å². The molecule has 0 aliphatic rings. The van der Waals surface area contributed by atoms with E-state index in [0.29, 0.717) is 25.8 Å². The number of para-hydroxylation sites is 1. The van der Waals surface area contributed by atoms with Crippen LogP contribution in [0.25, 0.3) is 0 Å². The molecular weight excluding hydrogens is 246 g/mol. The summed E-state index contributed by atoms with van der Waals surface area (Å²) in [5, 5.41) is 20.7. The molecule has 1 atom stereocenters. The first-order chi connectivity index (χ1) is 9.09. The van der Waals surface area contributed by atoms with Gasteiger partial charge in [0.1, 0.15) is 0 Å². The van der Waals surface area contributed by atoms with Crippen molar-refractivity contribution >= 4 is 17.6 Å². The van der Waals surface area contributed by atoms with E-state index in [0.717, 1.165) is 5.69 Å². The van der Waals surface area contributed by atoms with Crippen molar-refractivity contribution in [3.05, 3.63) is 30.3 Å². The van der Waals surface area contributed by atoms with Crippen molar-refractivity contribution in [3.63, 3.8) is 0 Å². The lowest BCUT2D eigenvalue weighted by molar-refractivity contribution is -0.141. The van der Waals surface area contributed by atoms with Crippen LogP contribution < -0.4 is 5.32 Å². The minimum Gasteiger partial charge on any atom is -0.481 e. The Balaban J connectivity index is 2.32. The van der Waals surface area contributed by atoms with Gasteiger partial charge >= 0.3 is 11.9 Å². The number of hydrogen-bond acceptors (Lipinski definition) is 3. The van der Waals surface area contributed by atoms with E-state index in [-0.39, 0.29) is 6.42 Å². The maximum absolute atomic E-state index is 11.1. The van der Waals surface area contributed by atoms with Gasteiger partial charge in [0.05, 0.1) is 5.92 Å². The number of unbranched alkanes of at least 4 members (excludes halogenated alkanes) is 1. The predicted molar refractivity (Wildman–Crippen MR) is 72.2 cm³/mol. The van der Waals surface area contributed by atoms with Crippen LogP contribution in [0.5, 0.6) is 0 Å². The molecule has 19 heavy (non-hydrogen) atoms. The van der Waals surface area contributed by atoms with Gasteiger partial charge in [-0.15, -0.1) is 0 Å². The van der Waals surface area contributed by atoms with Gasteiger partial charge in [-0.3, -0.25) is 9.59 Å². The van der Waals surface area contributed by atoms with Crippen molar-refractivity contribution in [2.24, 2.45) is 5.92 Å². The third-order valence-electron chi connectivity index (χ3n) is 2.87. The Bertz CT molecular complexity index is 405. The molecule has 0 aliphatic carbocycles. The standard InChI is InChI=1S/C14H19NO4/c16-13(17)9-5-4-6-11(14(18)19)10-15-12-7-2-1-3-8-12/h1-3,7-8,11,15H,4-6,9-10H2,(H,16,17)(H,18,19). The van der Waals surface area contributed by atoms with E-state index in [9.17, 15) is 9.59 Å². The molecule has 0 bridgehead atoms. The van der Waals surface area contributed by atoms with Crippen LogP contribution in [0.15, 0.2) is 30.3 Å². The fourth-order valence-corrected chi connectivity index (χ4v) is 1.78. The molecular formula is C14H19NO4. The first-order valence-electron chi connectivity index (χ1n) is 6.33. The average molecular weight is 265 g/mol. The van der Waals surface area contributed by atoms with E-state index in [2.05, 4.69) is 5.32 Å². The van der Waals surface area contributed by atoms with E-state index < -0.39 is 17.9 Å². The van der Waals surface area contributed by atoms with Crippen molar-refractivity contribution < 1.29 is 19.8 Å². The van der Waals surface area contributed by atoms with E-state index in [1.807, 2.05) is 30.3 Å². The lowest BCUT2D eigenvalue weighted by Crippen LogP contribution is -2.23. The van der Waals surface area contributed by atoms with E-state index in [1.165, 1.54) is 0 Å². The summed E-state index contributed by atoms with van der Waals surface area (Å²) in [6.45, 7) is 0.354. The van der Waals surface area contributed by atoms with Gasteiger partial charge in [-0.2, -0.15) is 0 Å². The highest BCUT2D eigenvalue weighted by Gasteiger charge is 2.16. The number of rotatable bonds is 9. The molecule has 0 heterocycles. The second kappa shape index (κ2) is 8.13. The van der Waals surface area contributed by atoms with Crippen LogP contribution in [-0.2, 0) is 9.59 Å². The predicted octanol–water partition coefficient (Wildman–Crippen LogP) is 2.44. The smallest absolute Gasteiger partial charge is 0.308 e. The second-order valence-electron chi connectivity index (χ2n) is 4.42. The molecule has 5 nitrogen and oxygen atoms in total. The number of hydrogen-bond donors (Lipinski definition) is 3. The van der Waals surface area contributed by atoms with Gasteiger partial charge in [-0.25, -0.2) is 0 Å². The minimum absolute atomic E-state index is 0.0957. The quantitative estimate of drug-likeness (QED) is 0.597. The van der Waals surface area contributed by atoms with Gasteiger partial charge < -0.3 is 15.5 Å². The monoisotopic (exact) mass is 265 g/mol. The molecule has 0 radical (unpaired) electrons. The molecule has 0 aliphatic heterocycles. The highest BCUT2D eigenvalue weighted by molar-refractivity contribution is 5.71. The summed E-state index contributed by atoms with van der Waals surface area (Å²) in [6.07, 6.45) is 1.71. The molecule has 5 heteroatoms. The number of carbonyl (C=O) groups is 2. The molecule has 0 saturated carbocycles. The summed E-state index contributed by atoms with van der Waals surface area (Å²) < 4.78 is 0. The van der Waals surface area contributed by atoms with Crippen LogP contribution in [0.2, 0.25) is 0 Å². The summed E-state index contributed by atoms with van der Waals surface area (Å²) in [7, 11) is 0. The Kier molecular flexibility index (Phi) is 6.43. The molecule has 104 valence electrons. The second-order valence-corrected chi connectivity index (χ2v) is 4.42. The first kappa shape index (κ1) is 15.0. The van der Waals surface area contributed by atoms with Gasteiger partial charge in [0.25, 0.3) is 0 Å². The summed E-state index contributed by atoms with van der Waals surface area (Å²) >= 11 is 0. The van der Waals surface area contributed by atoms with E-state index >= 15 is 0 Å². The number of nitrogens with one attached hydrogen (secondary N) is 1. The molecule has 1 rings (SSSR count). The Hall–Kier alpha value is -2.04. The van der Waals surface area contributed by atoms with Gasteiger partial charge in [0, 0.05) is 18.7 Å². The number of aliphatic carboxylic acids is 2. The lowest BCUT2D eigenvalue weighted by Gasteiger charge is -2.13. The molecule has 0 saturated heterocycles. The first-order valence-corrected chi connectivity index (χ1v) is 6.33. The minimum atomic E-state index is -0.848. The zero-order valence-corrected chi connectivity index (χ0v) is 10.7. The number of carboxylic acids is 2. The van der Waals surface area contributed by atoms with Crippen LogP contribution in [0.3, 0.4) is 0 Å². The molecule has 1 aromatic rings. The Morgan fingerprint density at radius 2 is 1.79 bits per heavy atom. The molecule has 1 aromatic carbocycles. The van der Waals surface area contributed by atoms with Crippen LogP contribution in [0.1, 0.15) is 25.7 Å². The third-order valence-corrected chi connectivity index (χ3v) is 2.87. The number of carboxylic acid groups (broad SMARTS) is 2. The van der Waals surface area contributed by atoms with Crippen molar-refractivity contribution in [1.29, 1.82) is 0 Å². The maximum Gasteiger partial charge on any atom is 0.308 e. The zero-order chi connectivity index (χ0) is 14.1. The normalized spacial score (nSPS) is 11.8. The summed E-state index contributed by atoms with van der Waals surface area (Å²) in [5.41, 5.74) is 0.888. The highest BCUT2D eigenvalue weighted by Crippen LogP contribution is 2.13. The van der Waals surface area contributed by atoms with Crippen molar-refractivity contribution in [3.8, 4) is 0 Å². The van der Waals surface area contributed by atoms with Crippen LogP contribution in [0.4, 0.5) is 5.69 Å². The summed E-state index contributed by atoms with van der Waals surface area (Å²) in [6, 6.07) is 9.41. The Labute approximate surface area is 112 Å². The Morgan fingerprint density at radius 3 is 2.37 bits per heavy atom. The largest absolute Gasteiger partial charge is 0.481 e. The van der Waals surface area contributed by atoms with Crippen LogP contribution >= 0.6 is 0 Å². The fourth-order valence-electron chi connectivity index (χ4n) is 1.78. The Morgan fingerprint density at radius 1 is 1.11 bits per heavy atom. The molecule has 0 aromatic heterocycles. The number of anilines is 1. The molecule has 0 fully saturated rings. The average Bonchev–Trinajstić information content (AvgIpc) is 2.38. The fraction of sp³-hybridized carbons (Fsp3) is 0.429. The van der Waals surface area contributed by atoms with Gasteiger partial charge in [0.15, 0.2) is 0 Å². The van der Waals surface area contributed by atoms with Crippen LogP contribution in [-0.4, -0.2) is 28.7 Å². The summed E-state index contributed by atoms with van der Waals surface area (Å²) in [4.78, 5) is 21.5. The van der Waals surface area contributed by atoms with Crippen molar-refractivity contribution in [1.82, 2.24) is 0 Å². The third kappa shape index (κ3) is 6.45. The highest BCUT2D eigenvalue weighted by atomic mass is 16.4. The molecule has 3 N–H and O–H groups in total. The SMILES string of the molecule is O=C(O)CCCCC(CNc1ccccc1)C(=O)O. The maximum atomic E-state index is 11.1. The van der Waals surface area contributed by atoms with E-state index in [4.69, 9.17) is 10.2 Å². The lowest BCUT2D eigenvalue weighted by atomic mass is 10.0. The molecule has 1 unspecified atom stereocenters. The zero-order valence-electron chi connectivity index (χ0n) is 10.7. The van der Waals surface area contributed by atoms with Crippen molar-refractivity contribution in [2.45, 2.75) is 25.7 Å². The number of benzene rings is 1. The van der Waals surface area contributed by atoms with Gasteiger partial charge in [0.2, 0.25) is 0 Å². The summed E-state index contributed by atoms with van der Waals surface area (Å²) in [5.74, 6) is -2.18.